The number of hydrogen-bond acceptors (Lipinski definition) is 3. The summed E-state index contributed by atoms with van der Waals surface area (Å²) in [5.41, 5.74) is 2.19. The normalized spacial score (nSPS) is 14.0. The molecule has 0 aliphatic rings. The third-order valence-corrected chi connectivity index (χ3v) is 5.67. The van der Waals surface area contributed by atoms with Gasteiger partial charge in [-0.15, -0.1) is 5.10 Å². The van der Waals surface area contributed by atoms with E-state index in [1.165, 1.54) is 0 Å². The molecule has 0 bridgehead atoms. The molecule has 6 heteroatoms. The summed E-state index contributed by atoms with van der Waals surface area (Å²) in [7, 11) is 1.68. The van der Waals surface area contributed by atoms with Crippen LogP contribution in [-0.4, -0.2) is 26.7 Å². The molecule has 0 amide bonds. The lowest BCUT2D eigenvalue weighted by Gasteiger charge is -2.26. The Morgan fingerprint density at radius 3 is 2.19 bits per heavy atom. The van der Waals surface area contributed by atoms with Gasteiger partial charge >= 0.3 is 0 Å². The van der Waals surface area contributed by atoms with Gasteiger partial charge in [-0.3, -0.25) is 9.36 Å². The molecule has 2 aromatic rings. The summed E-state index contributed by atoms with van der Waals surface area (Å²) >= 11 is 6.60. The number of ether oxygens (including phenoxy) is 1. The molecule has 2 aromatic heterocycles. The fourth-order valence-electron chi connectivity index (χ4n) is 3.26. The first-order valence-corrected chi connectivity index (χ1v) is 10.1. The minimum atomic E-state index is -0.0530. The third kappa shape index (κ3) is 4.68. The minimum Gasteiger partial charge on any atom is -0.480 e. The summed E-state index contributed by atoms with van der Waals surface area (Å²) in [6, 6.07) is 0.529. The van der Waals surface area contributed by atoms with Gasteiger partial charge in [-0.25, -0.2) is 0 Å². The number of rotatable bonds is 7. The van der Waals surface area contributed by atoms with Crippen LogP contribution in [0.2, 0.25) is 5.15 Å². The SMILES string of the molecule is COc1nn(C(C)CCC(C)(C)c2cnn(C(C)C)c2Cl)cc1C(C)(C)C. The molecular weight excluding hydrogens is 360 g/mol. The Morgan fingerprint density at radius 1 is 1.11 bits per heavy atom. The average molecular weight is 395 g/mol. The Kier molecular flexibility index (Phi) is 6.35. The van der Waals surface area contributed by atoms with Crippen molar-refractivity contribution in [1.29, 1.82) is 0 Å². The van der Waals surface area contributed by atoms with Gasteiger partial charge in [0.15, 0.2) is 0 Å². The van der Waals surface area contributed by atoms with Crippen molar-refractivity contribution in [2.75, 3.05) is 7.11 Å². The van der Waals surface area contributed by atoms with E-state index in [4.69, 9.17) is 16.3 Å². The minimum absolute atomic E-state index is 0.00153. The van der Waals surface area contributed by atoms with E-state index in [-0.39, 0.29) is 22.9 Å². The topological polar surface area (TPSA) is 44.9 Å². The highest BCUT2D eigenvalue weighted by atomic mass is 35.5. The molecule has 2 heterocycles. The fraction of sp³-hybridized carbons (Fsp3) is 0.714. The van der Waals surface area contributed by atoms with Crippen molar-refractivity contribution in [3.05, 3.63) is 28.7 Å². The van der Waals surface area contributed by atoms with E-state index in [0.717, 1.165) is 35.0 Å². The van der Waals surface area contributed by atoms with Crippen LogP contribution in [-0.2, 0) is 10.8 Å². The van der Waals surface area contributed by atoms with Crippen LogP contribution in [0.4, 0.5) is 0 Å². The maximum atomic E-state index is 6.60. The monoisotopic (exact) mass is 394 g/mol. The molecule has 2 rings (SSSR count). The van der Waals surface area contributed by atoms with Gasteiger partial charge in [-0.1, -0.05) is 46.2 Å². The summed E-state index contributed by atoms with van der Waals surface area (Å²) < 4.78 is 9.42. The lowest BCUT2D eigenvalue weighted by molar-refractivity contribution is 0.351. The predicted octanol–water partition coefficient (Wildman–Crippen LogP) is 5.94. The largest absolute Gasteiger partial charge is 0.480 e. The van der Waals surface area contributed by atoms with E-state index in [2.05, 4.69) is 71.8 Å². The number of aromatic nitrogens is 4. The number of nitrogens with zero attached hydrogens (tertiary/aromatic N) is 4. The van der Waals surface area contributed by atoms with Crippen LogP contribution >= 0.6 is 11.6 Å². The van der Waals surface area contributed by atoms with Gasteiger partial charge in [0.25, 0.3) is 0 Å². The maximum absolute atomic E-state index is 6.60. The number of halogens is 1. The molecule has 27 heavy (non-hydrogen) atoms. The standard InChI is InChI=1S/C21H35ClN4O/c1-14(2)26-18(22)16(12-23-26)21(7,8)11-10-15(3)25-13-17(20(4,5)6)19(24-25)27-9/h12-15H,10-11H2,1-9H3. The highest BCUT2D eigenvalue weighted by molar-refractivity contribution is 6.30. The van der Waals surface area contributed by atoms with Crippen molar-refractivity contribution in [2.24, 2.45) is 0 Å². The number of methoxy groups -OCH3 is 1. The van der Waals surface area contributed by atoms with Crippen LogP contribution in [0, 0.1) is 0 Å². The molecule has 0 saturated heterocycles. The summed E-state index contributed by atoms with van der Waals surface area (Å²) in [5.74, 6) is 0.717. The van der Waals surface area contributed by atoms with Gasteiger partial charge in [0, 0.05) is 29.4 Å². The quantitative estimate of drug-likeness (QED) is 0.583. The summed E-state index contributed by atoms with van der Waals surface area (Å²) in [5, 5.41) is 9.88. The summed E-state index contributed by atoms with van der Waals surface area (Å²) in [4.78, 5) is 0. The van der Waals surface area contributed by atoms with Crippen molar-refractivity contribution in [3.8, 4) is 5.88 Å². The maximum Gasteiger partial charge on any atom is 0.236 e. The Morgan fingerprint density at radius 2 is 1.74 bits per heavy atom. The second-order valence-electron chi connectivity index (χ2n) is 9.44. The molecular formula is C21H35ClN4O. The molecule has 0 radical (unpaired) electrons. The van der Waals surface area contributed by atoms with Crippen molar-refractivity contribution in [2.45, 2.75) is 91.1 Å². The molecule has 152 valence electrons. The number of hydrogen-bond donors (Lipinski definition) is 0. The third-order valence-electron chi connectivity index (χ3n) is 5.29. The van der Waals surface area contributed by atoms with Gasteiger partial charge in [0.05, 0.1) is 13.3 Å². The Balaban J connectivity index is 2.15. The van der Waals surface area contributed by atoms with Crippen LogP contribution in [0.15, 0.2) is 12.4 Å². The van der Waals surface area contributed by atoms with E-state index in [1.807, 2.05) is 15.6 Å². The van der Waals surface area contributed by atoms with Gasteiger partial charge in [0.1, 0.15) is 5.15 Å². The van der Waals surface area contributed by atoms with Crippen molar-refractivity contribution in [1.82, 2.24) is 19.6 Å². The van der Waals surface area contributed by atoms with E-state index in [1.54, 1.807) is 7.11 Å². The zero-order valence-electron chi connectivity index (χ0n) is 18.3. The lowest BCUT2D eigenvalue weighted by atomic mass is 9.81. The van der Waals surface area contributed by atoms with Gasteiger partial charge in [-0.05, 0) is 44.4 Å². The Bertz CT molecular complexity index is 768. The van der Waals surface area contributed by atoms with Crippen LogP contribution in [0.1, 0.15) is 91.4 Å². The highest BCUT2D eigenvalue weighted by Gasteiger charge is 2.29. The zero-order chi connectivity index (χ0) is 20.6. The molecule has 0 N–H and O–H groups in total. The highest BCUT2D eigenvalue weighted by Crippen LogP contribution is 2.37. The molecule has 0 aliphatic heterocycles. The molecule has 1 unspecified atom stereocenters. The van der Waals surface area contributed by atoms with E-state index in [0.29, 0.717) is 0 Å². The molecule has 0 aromatic carbocycles. The second-order valence-corrected chi connectivity index (χ2v) is 9.80. The summed E-state index contributed by atoms with van der Waals surface area (Å²) in [6.07, 6.45) is 6.03. The second kappa shape index (κ2) is 7.86. The molecule has 5 nitrogen and oxygen atoms in total. The molecule has 0 saturated carbocycles. The van der Waals surface area contributed by atoms with Crippen molar-refractivity contribution < 1.29 is 4.74 Å². The van der Waals surface area contributed by atoms with Gasteiger partial charge in [-0.2, -0.15) is 5.10 Å². The zero-order valence-corrected chi connectivity index (χ0v) is 19.1. The van der Waals surface area contributed by atoms with E-state index < -0.39 is 0 Å². The Labute approximate surface area is 169 Å². The van der Waals surface area contributed by atoms with Crippen molar-refractivity contribution in [3.63, 3.8) is 0 Å². The summed E-state index contributed by atoms with van der Waals surface area (Å²) in [6.45, 7) is 17.4. The Hall–Kier alpha value is -1.49. The first-order chi connectivity index (χ1) is 12.4. The molecule has 0 fully saturated rings. The van der Waals surface area contributed by atoms with E-state index in [9.17, 15) is 0 Å². The van der Waals surface area contributed by atoms with Crippen LogP contribution in [0.3, 0.4) is 0 Å². The van der Waals surface area contributed by atoms with Gasteiger partial charge < -0.3 is 4.74 Å². The van der Waals surface area contributed by atoms with Gasteiger partial charge in [0.2, 0.25) is 5.88 Å². The van der Waals surface area contributed by atoms with Crippen LogP contribution in [0.5, 0.6) is 5.88 Å². The average Bonchev–Trinajstić information content (AvgIpc) is 3.16. The molecule has 0 spiro atoms. The molecule has 1 atom stereocenters. The first-order valence-electron chi connectivity index (χ1n) is 9.75. The smallest absolute Gasteiger partial charge is 0.236 e. The van der Waals surface area contributed by atoms with Crippen molar-refractivity contribution >= 4 is 11.6 Å². The lowest BCUT2D eigenvalue weighted by Crippen LogP contribution is -2.20. The predicted molar refractivity (Wildman–Crippen MR) is 112 cm³/mol. The van der Waals surface area contributed by atoms with Crippen LogP contribution < -0.4 is 4.74 Å². The molecule has 0 aliphatic carbocycles. The first kappa shape index (κ1) is 21.8. The van der Waals surface area contributed by atoms with E-state index >= 15 is 0 Å². The fourth-order valence-corrected chi connectivity index (χ4v) is 3.81. The van der Waals surface area contributed by atoms with Crippen LogP contribution in [0.25, 0.3) is 0 Å².